The summed E-state index contributed by atoms with van der Waals surface area (Å²) in [5.74, 6) is 0. The Bertz CT molecular complexity index is 383. The first-order chi connectivity index (χ1) is 6.31. The van der Waals surface area contributed by atoms with Crippen molar-refractivity contribution in [2.45, 2.75) is 11.1 Å². The van der Waals surface area contributed by atoms with Crippen molar-refractivity contribution >= 4 is 10.0 Å². The van der Waals surface area contributed by atoms with Crippen molar-refractivity contribution in [1.82, 2.24) is 14.9 Å². The third-order valence-corrected chi connectivity index (χ3v) is 2.61. The molecule has 0 spiro atoms. The van der Waals surface area contributed by atoms with Crippen LogP contribution in [0.1, 0.15) is 0 Å². The average molecular weight is 229 g/mol. The van der Waals surface area contributed by atoms with Crippen LogP contribution in [-0.4, -0.2) is 31.3 Å². The van der Waals surface area contributed by atoms with Crippen LogP contribution in [0.2, 0.25) is 0 Å². The van der Waals surface area contributed by atoms with Gasteiger partial charge in [0.2, 0.25) is 10.0 Å². The van der Waals surface area contributed by atoms with Crippen LogP contribution in [0.5, 0.6) is 0 Å². The molecule has 0 aromatic carbocycles. The number of aromatic nitrogens is 2. The highest BCUT2D eigenvalue weighted by Crippen LogP contribution is 2.14. The standard InChI is InChI=1S/C5H6F3N3O2S/c6-5(7,8)3-11-14(12,13)4-1-9-10-2-4/h1-2,11H,3H2,(H,9,10). The maximum atomic E-state index is 11.7. The molecule has 1 heterocycles. The number of alkyl halides is 3. The number of sulfonamides is 1. The van der Waals surface area contributed by atoms with Crippen molar-refractivity contribution in [3.8, 4) is 0 Å². The zero-order valence-corrected chi connectivity index (χ0v) is 7.48. The van der Waals surface area contributed by atoms with Crippen molar-refractivity contribution in [3.05, 3.63) is 12.4 Å². The minimum Gasteiger partial charge on any atom is -0.284 e. The lowest BCUT2D eigenvalue weighted by atomic mass is 10.7. The molecule has 0 radical (unpaired) electrons. The van der Waals surface area contributed by atoms with E-state index in [1.165, 1.54) is 4.72 Å². The fraction of sp³-hybridized carbons (Fsp3) is 0.400. The second-order valence-corrected chi connectivity index (χ2v) is 4.14. The summed E-state index contributed by atoms with van der Waals surface area (Å²) in [6.45, 7) is -1.60. The number of nitrogens with zero attached hydrogens (tertiary/aromatic N) is 1. The molecule has 0 saturated carbocycles. The van der Waals surface area contributed by atoms with Crippen LogP contribution >= 0.6 is 0 Å². The van der Waals surface area contributed by atoms with Crippen molar-refractivity contribution < 1.29 is 21.6 Å². The monoisotopic (exact) mass is 229 g/mol. The summed E-state index contributed by atoms with van der Waals surface area (Å²) in [5.41, 5.74) is 0. The lowest BCUT2D eigenvalue weighted by molar-refractivity contribution is -0.121. The van der Waals surface area contributed by atoms with Gasteiger partial charge in [0.05, 0.1) is 6.20 Å². The van der Waals surface area contributed by atoms with Crippen LogP contribution in [0, 0.1) is 0 Å². The summed E-state index contributed by atoms with van der Waals surface area (Å²) < 4.78 is 58.6. The molecular weight excluding hydrogens is 223 g/mol. The fourth-order valence-electron chi connectivity index (χ4n) is 0.646. The Morgan fingerprint density at radius 2 is 2.14 bits per heavy atom. The Balaban J connectivity index is 2.70. The minimum absolute atomic E-state index is 0.332. The SMILES string of the molecule is O=S(=O)(NCC(F)(F)F)c1cn[nH]c1. The number of halogens is 3. The van der Waals surface area contributed by atoms with Crippen molar-refractivity contribution in [3.63, 3.8) is 0 Å². The number of nitrogens with one attached hydrogen (secondary N) is 2. The minimum atomic E-state index is -4.57. The lowest BCUT2D eigenvalue weighted by Gasteiger charge is -2.07. The first-order valence-corrected chi connectivity index (χ1v) is 4.85. The smallest absolute Gasteiger partial charge is 0.284 e. The van der Waals surface area contributed by atoms with Gasteiger partial charge in [-0.2, -0.15) is 18.3 Å². The highest BCUT2D eigenvalue weighted by Gasteiger charge is 2.30. The van der Waals surface area contributed by atoms with E-state index in [0.29, 0.717) is 0 Å². The van der Waals surface area contributed by atoms with Gasteiger partial charge in [-0.3, -0.25) is 5.10 Å². The van der Waals surface area contributed by atoms with Crippen LogP contribution in [0.3, 0.4) is 0 Å². The Morgan fingerprint density at radius 3 is 2.57 bits per heavy atom. The van der Waals surface area contributed by atoms with Crippen LogP contribution in [-0.2, 0) is 10.0 Å². The Labute approximate surface area is 77.4 Å². The van der Waals surface area contributed by atoms with Gasteiger partial charge in [0.15, 0.2) is 0 Å². The van der Waals surface area contributed by atoms with E-state index in [1.807, 2.05) is 0 Å². The molecule has 9 heteroatoms. The summed E-state index contributed by atoms with van der Waals surface area (Å²) in [7, 11) is -4.11. The average Bonchev–Trinajstić information content (AvgIpc) is 2.52. The highest BCUT2D eigenvalue weighted by atomic mass is 32.2. The molecule has 0 aliphatic rings. The first kappa shape index (κ1) is 11.0. The largest absolute Gasteiger partial charge is 0.402 e. The van der Waals surface area contributed by atoms with Gasteiger partial charge >= 0.3 is 6.18 Å². The van der Waals surface area contributed by atoms with Gasteiger partial charge in [-0.25, -0.2) is 13.1 Å². The van der Waals surface area contributed by atoms with E-state index in [4.69, 9.17) is 0 Å². The maximum Gasteiger partial charge on any atom is 0.402 e. The van der Waals surface area contributed by atoms with E-state index in [2.05, 4.69) is 10.2 Å². The van der Waals surface area contributed by atoms with Crippen molar-refractivity contribution in [1.29, 1.82) is 0 Å². The molecule has 0 fully saturated rings. The van der Waals surface area contributed by atoms with Gasteiger partial charge in [-0.15, -0.1) is 0 Å². The number of H-pyrrole nitrogens is 1. The number of hydrogen-bond donors (Lipinski definition) is 2. The third-order valence-electron chi connectivity index (χ3n) is 1.25. The van der Waals surface area contributed by atoms with Gasteiger partial charge in [-0.05, 0) is 0 Å². The van der Waals surface area contributed by atoms with Crippen LogP contribution in [0.25, 0.3) is 0 Å². The summed E-state index contributed by atoms with van der Waals surface area (Å²) in [6.07, 6.45) is -2.67. The van der Waals surface area contributed by atoms with E-state index < -0.39 is 22.7 Å². The predicted octanol–water partition coefficient (Wildman–Crippen LogP) is 0.250. The van der Waals surface area contributed by atoms with E-state index in [-0.39, 0.29) is 4.90 Å². The van der Waals surface area contributed by atoms with Gasteiger partial charge in [0, 0.05) is 6.20 Å². The number of rotatable bonds is 3. The molecule has 0 amide bonds. The van der Waals surface area contributed by atoms with E-state index in [1.54, 1.807) is 0 Å². The summed E-state index contributed by atoms with van der Waals surface area (Å²) >= 11 is 0. The van der Waals surface area contributed by atoms with Crippen LogP contribution in [0.4, 0.5) is 13.2 Å². The first-order valence-electron chi connectivity index (χ1n) is 3.36. The molecular formula is C5H6F3N3O2S. The molecule has 0 atom stereocenters. The third kappa shape index (κ3) is 3.00. The molecule has 2 N–H and O–H groups in total. The topological polar surface area (TPSA) is 74.8 Å². The maximum absolute atomic E-state index is 11.7. The molecule has 5 nitrogen and oxygen atoms in total. The molecule has 0 aliphatic carbocycles. The Hall–Kier alpha value is -1.09. The molecule has 80 valence electrons. The Kier molecular flexibility index (Phi) is 2.81. The van der Waals surface area contributed by atoms with Crippen LogP contribution in [0.15, 0.2) is 17.3 Å². The van der Waals surface area contributed by atoms with Gasteiger partial charge < -0.3 is 0 Å². The molecule has 1 rings (SSSR count). The highest BCUT2D eigenvalue weighted by molar-refractivity contribution is 7.89. The molecule has 0 saturated heterocycles. The predicted molar refractivity (Wildman–Crippen MR) is 39.8 cm³/mol. The summed E-state index contributed by atoms with van der Waals surface area (Å²) in [6, 6.07) is 0. The van der Waals surface area contributed by atoms with Gasteiger partial charge in [0.25, 0.3) is 0 Å². The quantitative estimate of drug-likeness (QED) is 0.780. The second-order valence-electron chi connectivity index (χ2n) is 2.37. The zero-order chi connectivity index (χ0) is 10.8. The van der Waals surface area contributed by atoms with E-state index in [0.717, 1.165) is 12.4 Å². The van der Waals surface area contributed by atoms with Gasteiger partial charge in [-0.1, -0.05) is 0 Å². The number of hydrogen-bond acceptors (Lipinski definition) is 3. The summed E-state index contributed by atoms with van der Waals surface area (Å²) in [4.78, 5) is -0.332. The fourth-order valence-corrected chi connectivity index (χ4v) is 1.57. The van der Waals surface area contributed by atoms with Crippen LogP contribution < -0.4 is 4.72 Å². The van der Waals surface area contributed by atoms with Crippen molar-refractivity contribution in [2.75, 3.05) is 6.54 Å². The molecule has 14 heavy (non-hydrogen) atoms. The molecule has 0 aliphatic heterocycles. The van der Waals surface area contributed by atoms with Gasteiger partial charge in [0.1, 0.15) is 11.4 Å². The molecule has 0 bridgehead atoms. The van der Waals surface area contributed by atoms with Crippen molar-refractivity contribution in [2.24, 2.45) is 0 Å². The summed E-state index contributed by atoms with van der Waals surface area (Å²) in [5, 5.41) is 5.49. The second kappa shape index (κ2) is 3.58. The molecule has 1 aromatic heterocycles. The normalized spacial score (nSPS) is 13.1. The molecule has 1 aromatic rings. The number of aromatic amines is 1. The Morgan fingerprint density at radius 1 is 1.50 bits per heavy atom. The molecule has 0 unspecified atom stereocenters. The van der Waals surface area contributed by atoms with E-state index in [9.17, 15) is 21.6 Å². The van der Waals surface area contributed by atoms with E-state index >= 15 is 0 Å². The lowest BCUT2D eigenvalue weighted by Crippen LogP contribution is -2.33. The zero-order valence-electron chi connectivity index (χ0n) is 6.67.